The van der Waals surface area contributed by atoms with Crippen molar-refractivity contribution in [3.8, 4) is 0 Å². The third-order valence-electron chi connectivity index (χ3n) is 4.95. The van der Waals surface area contributed by atoms with Crippen molar-refractivity contribution in [2.24, 2.45) is 0 Å². The molecule has 0 bridgehead atoms. The monoisotopic (exact) mass is 383 g/mol. The first-order chi connectivity index (χ1) is 13.0. The van der Waals surface area contributed by atoms with Gasteiger partial charge in [0.25, 0.3) is 0 Å². The van der Waals surface area contributed by atoms with Crippen molar-refractivity contribution in [3.63, 3.8) is 0 Å². The molecule has 1 fully saturated rings. The van der Waals surface area contributed by atoms with Crippen molar-refractivity contribution < 1.29 is 4.79 Å². The fourth-order valence-electron chi connectivity index (χ4n) is 3.28. The summed E-state index contributed by atoms with van der Waals surface area (Å²) in [4.78, 5) is 17.0. The van der Waals surface area contributed by atoms with Crippen LogP contribution in [0.4, 0.5) is 11.4 Å². The van der Waals surface area contributed by atoms with E-state index in [1.54, 1.807) is 11.8 Å². The molecule has 1 amide bonds. The van der Waals surface area contributed by atoms with Gasteiger partial charge in [0.05, 0.1) is 5.75 Å². The van der Waals surface area contributed by atoms with Crippen molar-refractivity contribution in [1.82, 2.24) is 4.90 Å². The summed E-state index contributed by atoms with van der Waals surface area (Å²) in [7, 11) is 2.17. The normalized spacial score (nSPS) is 15.0. The number of anilines is 2. The Morgan fingerprint density at radius 2 is 1.74 bits per heavy atom. The number of nitrogens with zero attached hydrogens (tertiary/aromatic N) is 2. The minimum absolute atomic E-state index is 0.0545. The molecular weight excluding hydrogens is 354 g/mol. The molecule has 0 unspecified atom stereocenters. The molecule has 1 aliphatic heterocycles. The first-order valence-electron chi connectivity index (χ1n) is 9.48. The predicted octanol–water partition coefficient (Wildman–Crippen LogP) is 3.93. The number of piperazine rings is 1. The second-order valence-electron chi connectivity index (χ2n) is 7.32. The lowest BCUT2D eigenvalue weighted by molar-refractivity contribution is -0.113. The molecular formula is C22H29N3OS. The van der Waals surface area contributed by atoms with Crippen molar-refractivity contribution in [3.05, 3.63) is 59.2 Å². The van der Waals surface area contributed by atoms with Gasteiger partial charge >= 0.3 is 0 Å². The van der Waals surface area contributed by atoms with Crippen molar-refractivity contribution in [2.75, 3.05) is 49.2 Å². The molecule has 0 atom stereocenters. The molecule has 0 radical (unpaired) electrons. The van der Waals surface area contributed by atoms with Gasteiger partial charge in [0.1, 0.15) is 0 Å². The first-order valence-corrected chi connectivity index (χ1v) is 10.6. The number of nitrogens with one attached hydrogen (secondary N) is 1. The Kier molecular flexibility index (Phi) is 6.80. The molecule has 1 aliphatic rings. The molecule has 5 heteroatoms. The van der Waals surface area contributed by atoms with Gasteiger partial charge in [-0.2, -0.15) is 0 Å². The van der Waals surface area contributed by atoms with Gasteiger partial charge in [-0.3, -0.25) is 4.79 Å². The van der Waals surface area contributed by atoms with E-state index in [1.165, 1.54) is 22.4 Å². The molecule has 1 N–H and O–H groups in total. The molecule has 4 nitrogen and oxygen atoms in total. The number of benzene rings is 2. The number of aryl methyl sites for hydroxylation is 2. The third kappa shape index (κ3) is 5.75. The average molecular weight is 384 g/mol. The number of thioether (sulfide) groups is 1. The fourth-order valence-corrected chi connectivity index (χ4v) is 4.07. The number of hydrogen-bond donors (Lipinski definition) is 1. The lowest BCUT2D eigenvalue weighted by Crippen LogP contribution is -2.44. The number of carbonyl (C=O) groups excluding carboxylic acids is 1. The van der Waals surface area contributed by atoms with E-state index in [9.17, 15) is 4.79 Å². The van der Waals surface area contributed by atoms with Gasteiger partial charge in [0, 0.05) is 43.3 Å². The van der Waals surface area contributed by atoms with E-state index in [4.69, 9.17) is 0 Å². The number of carbonyl (C=O) groups is 1. The standard InChI is InChI=1S/C22H29N3OS/c1-17-4-6-19(7-5-17)15-27-16-22(26)23-20-8-9-21(18(2)14-20)25-12-10-24(3)11-13-25/h4-9,14H,10-13,15-16H2,1-3H3,(H,23,26). The zero-order valence-electron chi connectivity index (χ0n) is 16.5. The van der Waals surface area contributed by atoms with Crippen molar-refractivity contribution in [1.29, 1.82) is 0 Å². The highest BCUT2D eigenvalue weighted by Crippen LogP contribution is 2.25. The van der Waals surface area contributed by atoms with E-state index in [2.05, 4.69) is 72.4 Å². The van der Waals surface area contributed by atoms with Gasteiger partial charge in [0.2, 0.25) is 5.91 Å². The van der Waals surface area contributed by atoms with Crippen LogP contribution >= 0.6 is 11.8 Å². The summed E-state index contributed by atoms with van der Waals surface area (Å²) < 4.78 is 0. The Morgan fingerprint density at radius 1 is 1.04 bits per heavy atom. The van der Waals surface area contributed by atoms with Crippen LogP contribution in [0.1, 0.15) is 16.7 Å². The van der Waals surface area contributed by atoms with Gasteiger partial charge in [-0.1, -0.05) is 29.8 Å². The molecule has 2 aromatic carbocycles. The first kappa shape index (κ1) is 19.8. The fraction of sp³-hybridized carbons (Fsp3) is 0.409. The molecule has 144 valence electrons. The topological polar surface area (TPSA) is 35.6 Å². The van der Waals surface area contributed by atoms with E-state index in [-0.39, 0.29) is 5.91 Å². The lowest BCUT2D eigenvalue weighted by atomic mass is 10.1. The highest BCUT2D eigenvalue weighted by Gasteiger charge is 2.16. The second kappa shape index (κ2) is 9.29. The molecule has 0 saturated carbocycles. The van der Waals surface area contributed by atoms with Crippen LogP contribution in [0.15, 0.2) is 42.5 Å². The molecule has 0 aromatic heterocycles. The van der Waals surface area contributed by atoms with E-state index in [0.29, 0.717) is 5.75 Å². The largest absolute Gasteiger partial charge is 0.369 e. The van der Waals surface area contributed by atoms with Crippen molar-refractivity contribution >= 4 is 29.0 Å². The lowest BCUT2D eigenvalue weighted by Gasteiger charge is -2.35. The maximum absolute atomic E-state index is 12.2. The van der Waals surface area contributed by atoms with Crippen molar-refractivity contribution in [2.45, 2.75) is 19.6 Å². The minimum Gasteiger partial charge on any atom is -0.369 e. The number of hydrogen-bond acceptors (Lipinski definition) is 4. The van der Waals surface area contributed by atoms with E-state index in [0.717, 1.165) is 37.6 Å². The third-order valence-corrected chi connectivity index (χ3v) is 5.95. The van der Waals surface area contributed by atoms with Crippen LogP contribution in [-0.4, -0.2) is 49.8 Å². The summed E-state index contributed by atoms with van der Waals surface area (Å²) in [5.41, 5.74) is 5.88. The van der Waals surface area contributed by atoms with Gasteiger partial charge in [-0.25, -0.2) is 0 Å². The maximum atomic E-state index is 12.2. The van der Waals surface area contributed by atoms with E-state index in [1.807, 2.05) is 6.07 Å². The average Bonchev–Trinajstić information content (AvgIpc) is 2.64. The Balaban J connectivity index is 1.49. The summed E-state index contributed by atoms with van der Waals surface area (Å²) in [6.07, 6.45) is 0. The summed E-state index contributed by atoms with van der Waals surface area (Å²) in [5, 5.41) is 3.03. The van der Waals surface area contributed by atoms with Crippen LogP contribution in [0, 0.1) is 13.8 Å². The molecule has 0 spiro atoms. The van der Waals surface area contributed by atoms with Gasteiger partial charge in [0.15, 0.2) is 0 Å². The van der Waals surface area contributed by atoms with Crippen LogP contribution in [0.3, 0.4) is 0 Å². The SMILES string of the molecule is Cc1ccc(CSCC(=O)Nc2ccc(N3CCN(C)CC3)c(C)c2)cc1. The molecule has 0 aliphatic carbocycles. The second-order valence-corrected chi connectivity index (χ2v) is 8.30. The number of rotatable bonds is 6. The van der Waals surface area contributed by atoms with Crippen LogP contribution in [-0.2, 0) is 10.5 Å². The van der Waals surface area contributed by atoms with Crippen LogP contribution in [0.25, 0.3) is 0 Å². The number of likely N-dealkylation sites (N-methyl/N-ethyl adjacent to an activating group) is 1. The van der Waals surface area contributed by atoms with E-state index >= 15 is 0 Å². The Labute approximate surface area is 166 Å². The Bertz CT molecular complexity index is 768. The number of amides is 1. The predicted molar refractivity (Wildman–Crippen MR) is 117 cm³/mol. The summed E-state index contributed by atoms with van der Waals surface area (Å²) in [6.45, 7) is 8.50. The molecule has 1 saturated heterocycles. The van der Waals surface area contributed by atoms with E-state index < -0.39 is 0 Å². The zero-order valence-corrected chi connectivity index (χ0v) is 17.3. The van der Waals surface area contributed by atoms with Crippen LogP contribution in [0.5, 0.6) is 0 Å². The van der Waals surface area contributed by atoms with Gasteiger partial charge in [-0.15, -0.1) is 11.8 Å². The summed E-state index contributed by atoms with van der Waals surface area (Å²) in [6, 6.07) is 14.7. The molecule has 1 heterocycles. The highest BCUT2D eigenvalue weighted by atomic mass is 32.2. The van der Waals surface area contributed by atoms with Crippen LogP contribution in [0.2, 0.25) is 0 Å². The van der Waals surface area contributed by atoms with Crippen LogP contribution < -0.4 is 10.2 Å². The highest BCUT2D eigenvalue weighted by molar-refractivity contribution is 7.99. The molecule has 3 rings (SSSR count). The van der Waals surface area contributed by atoms with Gasteiger partial charge < -0.3 is 15.1 Å². The zero-order chi connectivity index (χ0) is 19.2. The smallest absolute Gasteiger partial charge is 0.234 e. The summed E-state index contributed by atoms with van der Waals surface area (Å²) >= 11 is 1.64. The Morgan fingerprint density at radius 3 is 2.41 bits per heavy atom. The molecule has 2 aromatic rings. The maximum Gasteiger partial charge on any atom is 0.234 e. The quantitative estimate of drug-likeness (QED) is 0.820. The summed E-state index contributed by atoms with van der Waals surface area (Å²) in [5.74, 6) is 1.38. The minimum atomic E-state index is 0.0545. The Hall–Kier alpha value is -1.98. The molecule has 27 heavy (non-hydrogen) atoms. The van der Waals surface area contributed by atoms with Gasteiger partial charge in [-0.05, 0) is 50.2 Å².